The minimum atomic E-state index is -0.207. The van der Waals surface area contributed by atoms with Crippen LogP contribution in [0.4, 0.5) is 10.8 Å². The number of furan rings is 1. The van der Waals surface area contributed by atoms with Crippen LogP contribution in [0, 0.1) is 0 Å². The quantitative estimate of drug-likeness (QED) is 0.448. The van der Waals surface area contributed by atoms with E-state index in [9.17, 15) is 9.59 Å². The molecule has 2 heterocycles. The normalized spacial score (nSPS) is 13.1. The van der Waals surface area contributed by atoms with Crippen LogP contribution in [0.2, 0.25) is 0 Å². The zero-order chi connectivity index (χ0) is 20.1. The highest BCUT2D eigenvalue weighted by Crippen LogP contribution is 2.26. The molecule has 0 saturated heterocycles. The molecule has 1 fully saturated rings. The van der Waals surface area contributed by atoms with E-state index in [4.69, 9.17) is 4.42 Å². The number of carbonyl (C=O) groups excluding carboxylic acids is 2. The standard InChI is InChI=1S/C19H19N5O3S2/c25-16(22-15-6-2-1-5-14(15)17(26)21-12-7-8-12)11-28-19-24-23-18(29-19)20-10-13-4-3-9-27-13/h1-6,9,12H,7-8,10-11H2,(H,20,23)(H,21,26)(H,22,25). The average Bonchev–Trinajstić information content (AvgIpc) is 3.19. The summed E-state index contributed by atoms with van der Waals surface area (Å²) in [5.74, 6) is 0.610. The zero-order valence-electron chi connectivity index (χ0n) is 15.4. The lowest BCUT2D eigenvalue weighted by Crippen LogP contribution is -2.27. The Morgan fingerprint density at radius 1 is 1.17 bits per heavy atom. The summed E-state index contributed by atoms with van der Waals surface area (Å²) in [6.45, 7) is 0.520. The Kier molecular flexibility index (Phi) is 6.11. The average molecular weight is 430 g/mol. The maximum absolute atomic E-state index is 12.3. The van der Waals surface area contributed by atoms with Crippen molar-refractivity contribution in [3.8, 4) is 0 Å². The first-order valence-electron chi connectivity index (χ1n) is 9.09. The molecule has 2 aromatic heterocycles. The van der Waals surface area contributed by atoms with Crippen molar-refractivity contribution >= 4 is 45.7 Å². The number of hydrogen-bond acceptors (Lipinski definition) is 8. The first kappa shape index (κ1) is 19.5. The van der Waals surface area contributed by atoms with Crippen molar-refractivity contribution in [2.75, 3.05) is 16.4 Å². The second-order valence-electron chi connectivity index (χ2n) is 6.44. The fourth-order valence-electron chi connectivity index (χ4n) is 2.51. The molecule has 0 spiro atoms. The number of nitrogens with zero attached hydrogens (tertiary/aromatic N) is 2. The van der Waals surface area contributed by atoms with E-state index in [1.54, 1.807) is 30.5 Å². The number of amides is 2. The van der Waals surface area contributed by atoms with Gasteiger partial charge >= 0.3 is 0 Å². The molecule has 4 rings (SSSR count). The minimum Gasteiger partial charge on any atom is -0.467 e. The molecular weight excluding hydrogens is 410 g/mol. The van der Waals surface area contributed by atoms with Gasteiger partial charge in [-0.2, -0.15) is 0 Å². The fourth-order valence-corrected chi connectivity index (χ4v) is 4.06. The SMILES string of the molecule is O=C(CSc1nnc(NCc2ccco2)s1)Nc1ccccc1C(=O)NC1CC1. The molecule has 2 amide bonds. The molecule has 0 atom stereocenters. The second kappa shape index (κ2) is 9.10. The monoisotopic (exact) mass is 429 g/mol. The van der Waals surface area contributed by atoms with Crippen LogP contribution in [0.1, 0.15) is 29.0 Å². The summed E-state index contributed by atoms with van der Waals surface area (Å²) in [7, 11) is 0. The summed E-state index contributed by atoms with van der Waals surface area (Å²) in [4.78, 5) is 24.7. The lowest BCUT2D eigenvalue weighted by atomic mass is 10.1. The minimum absolute atomic E-state index is 0.160. The predicted molar refractivity (Wildman–Crippen MR) is 112 cm³/mol. The molecule has 1 aliphatic rings. The van der Waals surface area contributed by atoms with Crippen molar-refractivity contribution in [3.05, 3.63) is 54.0 Å². The molecule has 1 aromatic carbocycles. The van der Waals surface area contributed by atoms with Gasteiger partial charge in [0.1, 0.15) is 5.76 Å². The number of thioether (sulfide) groups is 1. The molecule has 0 radical (unpaired) electrons. The number of benzene rings is 1. The largest absolute Gasteiger partial charge is 0.467 e. The summed E-state index contributed by atoms with van der Waals surface area (Å²) in [6, 6.07) is 11.0. The topological polar surface area (TPSA) is 109 Å². The molecule has 29 heavy (non-hydrogen) atoms. The van der Waals surface area contributed by atoms with Crippen molar-refractivity contribution in [2.45, 2.75) is 29.8 Å². The third-order valence-corrected chi connectivity index (χ3v) is 6.10. The van der Waals surface area contributed by atoms with Crippen LogP contribution in [0.5, 0.6) is 0 Å². The van der Waals surface area contributed by atoms with Gasteiger partial charge in [0, 0.05) is 6.04 Å². The Bertz CT molecular complexity index is 985. The van der Waals surface area contributed by atoms with E-state index in [-0.39, 0.29) is 23.6 Å². The lowest BCUT2D eigenvalue weighted by Gasteiger charge is -2.10. The molecule has 150 valence electrons. The summed E-state index contributed by atoms with van der Waals surface area (Å²) in [6.07, 6.45) is 3.64. The van der Waals surface area contributed by atoms with Crippen LogP contribution >= 0.6 is 23.1 Å². The molecule has 3 aromatic rings. The molecule has 3 N–H and O–H groups in total. The van der Waals surface area contributed by atoms with Gasteiger partial charge in [-0.1, -0.05) is 35.2 Å². The molecular formula is C19H19N5O3S2. The zero-order valence-corrected chi connectivity index (χ0v) is 17.0. The van der Waals surface area contributed by atoms with Gasteiger partial charge in [-0.25, -0.2) is 0 Å². The molecule has 10 heteroatoms. The van der Waals surface area contributed by atoms with Crippen molar-refractivity contribution < 1.29 is 14.0 Å². The van der Waals surface area contributed by atoms with Crippen molar-refractivity contribution in [1.82, 2.24) is 15.5 Å². The highest BCUT2D eigenvalue weighted by atomic mass is 32.2. The third kappa shape index (κ3) is 5.58. The molecule has 0 aliphatic heterocycles. The first-order chi connectivity index (χ1) is 14.2. The van der Waals surface area contributed by atoms with E-state index in [1.165, 1.54) is 23.1 Å². The van der Waals surface area contributed by atoms with Gasteiger partial charge in [0.05, 0.1) is 29.8 Å². The second-order valence-corrected chi connectivity index (χ2v) is 8.64. The van der Waals surface area contributed by atoms with Gasteiger partial charge in [-0.05, 0) is 37.1 Å². The van der Waals surface area contributed by atoms with Crippen LogP contribution in [0.3, 0.4) is 0 Å². The molecule has 1 aliphatic carbocycles. The summed E-state index contributed by atoms with van der Waals surface area (Å²) in [5.41, 5.74) is 0.979. The maximum Gasteiger partial charge on any atom is 0.253 e. The van der Waals surface area contributed by atoms with Crippen molar-refractivity contribution in [3.63, 3.8) is 0 Å². The lowest BCUT2D eigenvalue weighted by molar-refractivity contribution is -0.113. The Morgan fingerprint density at radius 3 is 2.83 bits per heavy atom. The number of carbonyl (C=O) groups is 2. The number of aromatic nitrogens is 2. The van der Waals surface area contributed by atoms with Crippen LogP contribution in [0.15, 0.2) is 51.4 Å². The molecule has 8 nitrogen and oxygen atoms in total. The van der Waals surface area contributed by atoms with Gasteiger partial charge in [-0.15, -0.1) is 10.2 Å². The highest BCUT2D eigenvalue weighted by Gasteiger charge is 2.25. The number of rotatable bonds is 9. The summed E-state index contributed by atoms with van der Waals surface area (Å²) >= 11 is 2.66. The van der Waals surface area contributed by atoms with Crippen molar-refractivity contribution in [2.24, 2.45) is 0 Å². The van der Waals surface area contributed by atoms with Crippen LogP contribution < -0.4 is 16.0 Å². The Balaban J connectivity index is 1.27. The number of hydrogen-bond donors (Lipinski definition) is 3. The molecule has 0 unspecified atom stereocenters. The predicted octanol–water partition coefficient (Wildman–Crippen LogP) is 3.37. The van der Waals surface area contributed by atoms with E-state index in [1.807, 2.05) is 12.1 Å². The summed E-state index contributed by atoms with van der Waals surface area (Å²) < 4.78 is 5.94. The number of para-hydroxylation sites is 1. The molecule has 1 saturated carbocycles. The van der Waals surface area contributed by atoms with E-state index in [2.05, 4.69) is 26.1 Å². The van der Waals surface area contributed by atoms with Crippen LogP contribution in [0.25, 0.3) is 0 Å². The van der Waals surface area contributed by atoms with E-state index in [0.29, 0.717) is 27.3 Å². The van der Waals surface area contributed by atoms with Gasteiger partial charge in [0.2, 0.25) is 11.0 Å². The van der Waals surface area contributed by atoms with E-state index >= 15 is 0 Å². The molecule has 0 bridgehead atoms. The van der Waals surface area contributed by atoms with Crippen LogP contribution in [-0.2, 0) is 11.3 Å². The van der Waals surface area contributed by atoms with Gasteiger partial charge in [0.15, 0.2) is 4.34 Å². The Hall–Kier alpha value is -2.85. The van der Waals surface area contributed by atoms with Gasteiger partial charge in [-0.3, -0.25) is 9.59 Å². The fraction of sp³-hybridized carbons (Fsp3) is 0.263. The van der Waals surface area contributed by atoms with E-state index in [0.717, 1.165) is 18.6 Å². The maximum atomic E-state index is 12.3. The van der Waals surface area contributed by atoms with Gasteiger partial charge < -0.3 is 20.4 Å². The third-order valence-electron chi connectivity index (χ3n) is 4.09. The van der Waals surface area contributed by atoms with Crippen molar-refractivity contribution in [1.29, 1.82) is 0 Å². The van der Waals surface area contributed by atoms with E-state index < -0.39 is 0 Å². The highest BCUT2D eigenvalue weighted by molar-refractivity contribution is 8.01. The number of nitrogens with one attached hydrogen (secondary N) is 3. The Labute approximate surface area is 175 Å². The van der Waals surface area contributed by atoms with Gasteiger partial charge in [0.25, 0.3) is 5.91 Å². The van der Waals surface area contributed by atoms with Crippen LogP contribution in [-0.4, -0.2) is 33.8 Å². The number of anilines is 2. The summed E-state index contributed by atoms with van der Waals surface area (Å²) in [5, 5.41) is 17.7. The Morgan fingerprint density at radius 2 is 2.03 bits per heavy atom. The smallest absolute Gasteiger partial charge is 0.253 e. The first-order valence-corrected chi connectivity index (χ1v) is 10.9.